The molecule has 0 radical (unpaired) electrons. The number of hydrogen-bond acceptors (Lipinski definition) is 2. The lowest BCUT2D eigenvalue weighted by Gasteiger charge is -2.08. The molecule has 0 bridgehead atoms. The van der Waals surface area contributed by atoms with E-state index < -0.39 is 0 Å². The molecule has 1 rings (SSSR count). The fourth-order valence-electron chi connectivity index (χ4n) is 1.26. The molecule has 16 heavy (non-hydrogen) atoms. The van der Waals surface area contributed by atoms with E-state index in [-0.39, 0.29) is 0 Å². The van der Waals surface area contributed by atoms with Crippen molar-refractivity contribution in [3.8, 4) is 0 Å². The lowest BCUT2D eigenvalue weighted by atomic mass is 10.1. The zero-order valence-electron chi connectivity index (χ0n) is 9.48. The Morgan fingerprint density at radius 1 is 1.62 bits per heavy atom. The van der Waals surface area contributed by atoms with Crippen LogP contribution >= 0.6 is 0 Å². The minimum Gasteiger partial charge on any atom is -0.309 e. The third-order valence-corrected chi connectivity index (χ3v) is 2.06. The van der Waals surface area contributed by atoms with Crippen LogP contribution in [0.15, 0.2) is 58.8 Å². The molecule has 1 aliphatic rings. The Kier molecular flexibility index (Phi) is 5.71. The van der Waals surface area contributed by atoms with E-state index in [4.69, 9.17) is 5.84 Å². The van der Waals surface area contributed by atoms with Crippen LogP contribution in [-0.4, -0.2) is 12.4 Å². The number of amidine groups is 1. The van der Waals surface area contributed by atoms with Crippen LogP contribution in [0.1, 0.15) is 13.3 Å². The van der Waals surface area contributed by atoms with Crippen molar-refractivity contribution in [2.75, 3.05) is 6.54 Å². The Balaban J connectivity index is 2.57. The van der Waals surface area contributed by atoms with E-state index in [2.05, 4.69) is 16.1 Å². The monoisotopic (exact) mass is 215 g/mol. The van der Waals surface area contributed by atoms with Crippen molar-refractivity contribution in [2.24, 2.45) is 10.8 Å². The van der Waals surface area contributed by atoms with E-state index in [9.17, 15) is 0 Å². The van der Waals surface area contributed by atoms with Crippen LogP contribution < -0.4 is 11.3 Å². The van der Waals surface area contributed by atoms with E-state index >= 15 is 0 Å². The lowest BCUT2D eigenvalue weighted by molar-refractivity contribution is 0.992. The van der Waals surface area contributed by atoms with Crippen molar-refractivity contribution in [3.63, 3.8) is 0 Å². The van der Waals surface area contributed by atoms with Crippen molar-refractivity contribution in [3.05, 3.63) is 53.8 Å². The van der Waals surface area contributed by atoms with E-state index in [1.54, 1.807) is 0 Å². The number of hydrogen-bond donors (Lipinski definition) is 2. The van der Waals surface area contributed by atoms with Gasteiger partial charge in [-0.25, -0.2) is 5.84 Å². The van der Waals surface area contributed by atoms with Gasteiger partial charge in [-0.05, 0) is 25.2 Å². The van der Waals surface area contributed by atoms with Crippen LogP contribution in [0, 0.1) is 0 Å². The van der Waals surface area contributed by atoms with Crippen LogP contribution in [0.5, 0.6) is 0 Å². The molecule has 0 saturated carbocycles. The summed E-state index contributed by atoms with van der Waals surface area (Å²) in [6.07, 6.45) is 14.5. The molecule has 0 aliphatic heterocycles. The van der Waals surface area contributed by atoms with E-state index in [1.165, 1.54) is 0 Å². The first-order valence-corrected chi connectivity index (χ1v) is 5.28. The average Bonchev–Trinajstić information content (AvgIpc) is 2.35. The highest BCUT2D eigenvalue weighted by Gasteiger charge is 2.03. The van der Waals surface area contributed by atoms with Gasteiger partial charge in [0.25, 0.3) is 0 Å². The Hall–Kier alpha value is -1.83. The summed E-state index contributed by atoms with van der Waals surface area (Å²) in [7, 11) is 0. The van der Waals surface area contributed by atoms with Crippen molar-refractivity contribution >= 4 is 5.84 Å². The summed E-state index contributed by atoms with van der Waals surface area (Å²) in [4.78, 5) is 4.36. The smallest absolute Gasteiger partial charge is 0.139 e. The first-order valence-electron chi connectivity index (χ1n) is 5.28. The highest BCUT2D eigenvalue weighted by Crippen LogP contribution is 2.07. The van der Waals surface area contributed by atoms with Gasteiger partial charge in [-0.2, -0.15) is 0 Å². The highest BCUT2D eigenvalue weighted by molar-refractivity contribution is 5.98. The standard InChI is InChI=1S/C13H17N3/c1-2-3-4-8-11-15-13(16-14)12-9-6-5-7-10-12/h2-4,6-9H,10-11,14H2,1H3,(H,15,16)/b3-2-,8-4-. The Morgan fingerprint density at radius 3 is 3.12 bits per heavy atom. The van der Waals surface area contributed by atoms with Gasteiger partial charge in [0, 0.05) is 12.0 Å². The minimum absolute atomic E-state index is 0.620. The maximum absolute atomic E-state index is 5.44. The quantitative estimate of drug-likeness (QED) is 0.188. The Bertz CT molecular complexity index is 391. The third kappa shape index (κ3) is 4.13. The molecule has 84 valence electrons. The van der Waals surface area contributed by atoms with Gasteiger partial charge >= 0.3 is 0 Å². The summed E-state index contributed by atoms with van der Waals surface area (Å²) >= 11 is 0. The van der Waals surface area contributed by atoms with Crippen LogP contribution in [0.3, 0.4) is 0 Å². The number of nitrogens with one attached hydrogen (secondary N) is 1. The molecule has 0 atom stereocenters. The second kappa shape index (κ2) is 7.46. The molecule has 0 amide bonds. The fourth-order valence-corrected chi connectivity index (χ4v) is 1.26. The van der Waals surface area contributed by atoms with Crippen molar-refractivity contribution in [2.45, 2.75) is 13.3 Å². The predicted octanol–water partition coefficient (Wildman–Crippen LogP) is 2.02. The third-order valence-electron chi connectivity index (χ3n) is 2.06. The number of hydrazine groups is 1. The van der Waals surface area contributed by atoms with E-state index in [1.807, 2.05) is 49.5 Å². The van der Waals surface area contributed by atoms with Crippen LogP contribution in [0.4, 0.5) is 0 Å². The van der Waals surface area contributed by atoms with Crippen molar-refractivity contribution in [1.82, 2.24) is 5.43 Å². The molecular weight excluding hydrogens is 198 g/mol. The highest BCUT2D eigenvalue weighted by atomic mass is 15.2. The predicted molar refractivity (Wildman–Crippen MR) is 68.9 cm³/mol. The lowest BCUT2D eigenvalue weighted by Crippen LogP contribution is -2.32. The normalized spacial score (nSPS) is 16.1. The zero-order valence-corrected chi connectivity index (χ0v) is 9.48. The van der Waals surface area contributed by atoms with Gasteiger partial charge in [-0.15, -0.1) is 5.73 Å². The summed E-state index contributed by atoms with van der Waals surface area (Å²) in [5, 5.41) is 0. The number of nitrogens with two attached hydrogens (primary N) is 1. The van der Waals surface area contributed by atoms with Gasteiger partial charge < -0.3 is 5.43 Å². The molecule has 3 heteroatoms. The van der Waals surface area contributed by atoms with Gasteiger partial charge in [0.2, 0.25) is 0 Å². The molecule has 0 aromatic carbocycles. The Labute approximate surface area is 96.4 Å². The molecule has 1 aliphatic carbocycles. The van der Waals surface area contributed by atoms with Gasteiger partial charge in [-0.3, -0.25) is 4.99 Å². The number of rotatable bonds is 4. The van der Waals surface area contributed by atoms with Gasteiger partial charge in [0.15, 0.2) is 0 Å². The van der Waals surface area contributed by atoms with Crippen LogP contribution in [0.2, 0.25) is 0 Å². The molecule has 0 heterocycles. The molecular formula is C13H17N3. The second-order valence-electron chi connectivity index (χ2n) is 3.22. The molecule has 0 aromatic heterocycles. The number of nitrogens with zero attached hydrogens (tertiary/aromatic N) is 1. The molecule has 0 fully saturated rings. The van der Waals surface area contributed by atoms with Gasteiger partial charge in [0.1, 0.15) is 5.84 Å². The van der Waals surface area contributed by atoms with E-state index in [0.717, 1.165) is 17.8 Å². The Morgan fingerprint density at radius 2 is 2.50 bits per heavy atom. The molecule has 0 unspecified atom stereocenters. The van der Waals surface area contributed by atoms with Crippen molar-refractivity contribution < 1.29 is 0 Å². The van der Waals surface area contributed by atoms with Gasteiger partial charge in [-0.1, -0.05) is 24.3 Å². The zero-order chi connectivity index (χ0) is 11.6. The SMILES string of the molecule is C/C=C\C=C/CN=C(NN)C1=CC=C=CC1. The summed E-state index contributed by atoms with van der Waals surface area (Å²) < 4.78 is 0. The maximum atomic E-state index is 5.44. The minimum atomic E-state index is 0.620. The van der Waals surface area contributed by atoms with Crippen LogP contribution in [0.25, 0.3) is 0 Å². The molecule has 3 N–H and O–H groups in total. The largest absolute Gasteiger partial charge is 0.309 e. The summed E-state index contributed by atoms with van der Waals surface area (Å²) in [5.74, 6) is 6.17. The first-order chi connectivity index (χ1) is 7.88. The number of allylic oxidation sites excluding steroid dienone is 5. The maximum Gasteiger partial charge on any atom is 0.139 e. The average molecular weight is 215 g/mol. The molecule has 0 saturated heterocycles. The molecule has 0 spiro atoms. The summed E-state index contributed by atoms with van der Waals surface area (Å²) in [6, 6.07) is 0. The van der Waals surface area contributed by atoms with E-state index in [0.29, 0.717) is 6.54 Å². The summed E-state index contributed by atoms with van der Waals surface area (Å²) in [5.41, 5.74) is 6.71. The van der Waals surface area contributed by atoms with Crippen LogP contribution in [-0.2, 0) is 0 Å². The second-order valence-corrected chi connectivity index (χ2v) is 3.22. The molecule has 3 nitrogen and oxygen atoms in total. The first kappa shape index (κ1) is 12.2. The summed E-state index contributed by atoms with van der Waals surface area (Å²) in [6.45, 7) is 2.60. The number of aliphatic imine (C=N–C) groups is 1. The van der Waals surface area contributed by atoms with Gasteiger partial charge in [0.05, 0.1) is 6.54 Å². The fraction of sp³-hybridized carbons (Fsp3) is 0.231. The topological polar surface area (TPSA) is 50.4 Å². The molecule has 0 aromatic rings. The van der Waals surface area contributed by atoms with Crippen molar-refractivity contribution in [1.29, 1.82) is 0 Å².